The molecule has 0 radical (unpaired) electrons. The SMILES string of the molecule is NC(=O)CC1NC2(C(=O)Nc3ccccc32)C2C(=O)N(c3ccccc3C(F)(F)F)C(=O)C12. The van der Waals surface area contributed by atoms with E-state index >= 15 is 0 Å². The Morgan fingerprint density at radius 1 is 1.03 bits per heavy atom. The highest BCUT2D eigenvalue weighted by molar-refractivity contribution is 6.26. The van der Waals surface area contributed by atoms with Crippen LogP contribution in [-0.4, -0.2) is 29.7 Å². The number of nitrogens with two attached hydrogens (primary N) is 1. The third-order valence-electron chi connectivity index (χ3n) is 6.49. The van der Waals surface area contributed by atoms with Crippen LogP contribution in [0.15, 0.2) is 48.5 Å². The molecule has 11 heteroatoms. The van der Waals surface area contributed by atoms with Gasteiger partial charge in [0.15, 0.2) is 0 Å². The number of nitrogens with zero attached hydrogens (tertiary/aromatic N) is 1. The van der Waals surface area contributed by atoms with Gasteiger partial charge in [0.05, 0.1) is 23.1 Å². The molecule has 5 rings (SSSR count). The van der Waals surface area contributed by atoms with Crippen LogP contribution < -0.4 is 21.3 Å². The Labute approximate surface area is 184 Å². The van der Waals surface area contributed by atoms with Crippen LogP contribution in [-0.2, 0) is 30.9 Å². The van der Waals surface area contributed by atoms with Crippen molar-refractivity contribution < 1.29 is 32.3 Å². The predicted molar refractivity (Wildman–Crippen MR) is 108 cm³/mol. The molecule has 0 aliphatic carbocycles. The summed E-state index contributed by atoms with van der Waals surface area (Å²) in [6.45, 7) is 0. The van der Waals surface area contributed by atoms with E-state index in [1.807, 2.05) is 0 Å². The van der Waals surface area contributed by atoms with Crippen molar-refractivity contribution in [1.29, 1.82) is 0 Å². The lowest BCUT2D eigenvalue weighted by atomic mass is 9.76. The first-order valence-corrected chi connectivity index (χ1v) is 10.1. The number of fused-ring (bicyclic) bond motifs is 4. The Morgan fingerprint density at radius 2 is 1.70 bits per heavy atom. The summed E-state index contributed by atoms with van der Waals surface area (Å²) in [6, 6.07) is 9.72. The highest BCUT2D eigenvalue weighted by Gasteiger charge is 2.71. The fourth-order valence-corrected chi connectivity index (χ4v) is 5.30. The van der Waals surface area contributed by atoms with Crippen molar-refractivity contribution in [3.63, 3.8) is 0 Å². The predicted octanol–water partition coefficient (Wildman–Crippen LogP) is 1.51. The molecular formula is C22H17F3N4O4. The molecule has 0 aromatic heterocycles. The van der Waals surface area contributed by atoms with Gasteiger partial charge in [-0.25, -0.2) is 4.90 Å². The summed E-state index contributed by atoms with van der Waals surface area (Å²) in [5.41, 5.74) is 2.63. The van der Waals surface area contributed by atoms with Crippen LogP contribution in [0.2, 0.25) is 0 Å². The Balaban J connectivity index is 1.69. The minimum atomic E-state index is -4.82. The number of para-hydroxylation sites is 2. The molecule has 2 fully saturated rings. The van der Waals surface area contributed by atoms with Gasteiger partial charge in [-0.15, -0.1) is 0 Å². The number of carbonyl (C=O) groups excluding carboxylic acids is 4. The number of imide groups is 1. The van der Waals surface area contributed by atoms with Crippen molar-refractivity contribution in [2.75, 3.05) is 10.2 Å². The molecule has 0 bridgehead atoms. The molecule has 8 nitrogen and oxygen atoms in total. The number of nitrogens with one attached hydrogen (secondary N) is 2. The Bertz CT molecular complexity index is 1230. The van der Waals surface area contributed by atoms with E-state index in [4.69, 9.17) is 5.73 Å². The normalized spacial score (nSPS) is 28.3. The minimum absolute atomic E-state index is 0.379. The van der Waals surface area contributed by atoms with E-state index in [2.05, 4.69) is 10.6 Å². The smallest absolute Gasteiger partial charge is 0.370 e. The first-order valence-electron chi connectivity index (χ1n) is 10.1. The van der Waals surface area contributed by atoms with E-state index in [9.17, 15) is 32.3 Å². The van der Waals surface area contributed by atoms with Gasteiger partial charge in [-0.3, -0.25) is 24.5 Å². The number of alkyl halides is 3. The molecule has 33 heavy (non-hydrogen) atoms. The van der Waals surface area contributed by atoms with Crippen molar-refractivity contribution in [3.8, 4) is 0 Å². The van der Waals surface area contributed by atoms with Crippen LogP contribution in [0.4, 0.5) is 24.5 Å². The Morgan fingerprint density at radius 3 is 2.39 bits per heavy atom. The number of hydrogen-bond acceptors (Lipinski definition) is 5. The van der Waals surface area contributed by atoms with Gasteiger partial charge >= 0.3 is 6.18 Å². The summed E-state index contributed by atoms with van der Waals surface area (Å²) < 4.78 is 41.0. The third-order valence-corrected chi connectivity index (χ3v) is 6.49. The van der Waals surface area contributed by atoms with Crippen LogP contribution in [0, 0.1) is 11.8 Å². The maximum Gasteiger partial charge on any atom is 0.418 e. The average Bonchev–Trinajstić information content (AvgIpc) is 3.32. The fourth-order valence-electron chi connectivity index (χ4n) is 5.30. The maximum absolute atomic E-state index is 13.7. The van der Waals surface area contributed by atoms with Gasteiger partial charge in [0.2, 0.25) is 23.6 Å². The standard InChI is InChI=1S/C22H17F3N4O4/c23-22(24,25)11-6-2-4-8-14(11)29-18(31)16-13(9-15(26)30)28-21(17(16)19(29)32)10-5-1-3-7-12(10)27-20(21)33/h1-8,13,16-17,28H,9H2,(H2,26,30)(H,27,33). The summed E-state index contributed by atoms with van der Waals surface area (Å²) in [5, 5.41) is 5.64. The maximum atomic E-state index is 13.7. The second-order valence-corrected chi connectivity index (χ2v) is 8.26. The van der Waals surface area contributed by atoms with Crippen LogP contribution >= 0.6 is 0 Å². The molecule has 3 aliphatic heterocycles. The first kappa shape index (κ1) is 21.1. The van der Waals surface area contributed by atoms with Gasteiger partial charge in [-0.05, 0) is 18.2 Å². The number of primary amides is 1. The van der Waals surface area contributed by atoms with Gasteiger partial charge in [0, 0.05) is 23.7 Å². The lowest BCUT2D eigenvalue weighted by Gasteiger charge is -2.30. The fraction of sp³-hybridized carbons (Fsp3) is 0.273. The molecule has 2 aromatic carbocycles. The molecule has 2 saturated heterocycles. The summed E-state index contributed by atoms with van der Waals surface area (Å²) in [5.74, 6) is -5.91. The van der Waals surface area contributed by atoms with Crippen molar-refractivity contribution in [2.45, 2.75) is 24.2 Å². The topological polar surface area (TPSA) is 122 Å². The second kappa shape index (κ2) is 6.88. The largest absolute Gasteiger partial charge is 0.418 e. The van der Waals surface area contributed by atoms with Crippen LogP contribution in [0.3, 0.4) is 0 Å². The number of benzene rings is 2. The number of hydrogen-bond donors (Lipinski definition) is 3. The number of halogens is 3. The zero-order valence-electron chi connectivity index (χ0n) is 16.8. The summed E-state index contributed by atoms with van der Waals surface area (Å²) in [6.07, 6.45) is -5.21. The summed E-state index contributed by atoms with van der Waals surface area (Å²) in [4.78, 5) is 52.5. The van der Waals surface area contributed by atoms with Gasteiger partial charge in [-0.1, -0.05) is 30.3 Å². The number of carbonyl (C=O) groups is 4. The minimum Gasteiger partial charge on any atom is -0.370 e. The molecule has 3 heterocycles. The molecule has 1 spiro atoms. The van der Waals surface area contributed by atoms with Crippen molar-refractivity contribution >= 4 is 35.0 Å². The van der Waals surface area contributed by atoms with Crippen LogP contribution in [0.5, 0.6) is 0 Å². The van der Waals surface area contributed by atoms with Gasteiger partial charge in [0.25, 0.3) is 0 Å². The van der Waals surface area contributed by atoms with Crippen molar-refractivity contribution in [2.24, 2.45) is 17.6 Å². The highest BCUT2D eigenvalue weighted by atomic mass is 19.4. The van der Waals surface area contributed by atoms with Crippen LogP contribution in [0.25, 0.3) is 0 Å². The van der Waals surface area contributed by atoms with E-state index in [-0.39, 0.29) is 6.42 Å². The van der Waals surface area contributed by atoms with E-state index in [1.54, 1.807) is 24.3 Å². The summed E-state index contributed by atoms with van der Waals surface area (Å²) in [7, 11) is 0. The second-order valence-electron chi connectivity index (χ2n) is 8.26. The van der Waals surface area contributed by atoms with E-state index in [1.165, 1.54) is 6.07 Å². The monoisotopic (exact) mass is 458 g/mol. The molecule has 0 saturated carbocycles. The Kier molecular flexibility index (Phi) is 4.41. The van der Waals surface area contributed by atoms with Gasteiger partial charge in [0.1, 0.15) is 5.54 Å². The number of anilines is 2. The average molecular weight is 458 g/mol. The zero-order chi connectivity index (χ0) is 23.7. The van der Waals surface area contributed by atoms with E-state index in [0.717, 1.165) is 18.2 Å². The number of rotatable bonds is 3. The van der Waals surface area contributed by atoms with Crippen LogP contribution in [0.1, 0.15) is 17.5 Å². The van der Waals surface area contributed by atoms with Crippen molar-refractivity contribution in [1.82, 2.24) is 5.32 Å². The highest BCUT2D eigenvalue weighted by Crippen LogP contribution is 2.54. The first-order chi connectivity index (χ1) is 15.6. The van der Waals surface area contributed by atoms with E-state index in [0.29, 0.717) is 16.2 Å². The summed E-state index contributed by atoms with van der Waals surface area (Å²) >= 11 is 0. The van der Waals surface area contributed by atoms with Gasteiger partial charge < -0.3 is 11.1 Å². The Hall–Kier alpha value is -3.73. The molecule has 2 aromatic rings. The quantitative estimate of drug-likeness (QED) is 0.602. The molecule has 170 valence electrons. The van der Waals surface area contributed by atoms with Gasteiger partial charge in [-0.2, -0.15) is 13.2 Å². The lowest BCUT2D eigenvalue weighted by Crippen LogP contribution is -2.53. The number of amides is 4. The molecule has 3 aliphatic rings. The molecule has 4 atom stereocenters. The molecule has 4 N–H and O–H groups in total. The lowest BCUT2D eigenvalue weighted by molar-refractivity contribution is -0.137. The molecule has 4 amide bonds. The van der Waals surface area contributed by atoms with Crippen molar-refractivity contribution in [3.05, 3.63) is 59.7 Å². The van der Waals surface area contributed by atoms with E-state index < -0.39 is 64.5 Å². The molecule has 4 unspecified atom stereocenters. The zero-order valence-corrected chi connectivity index (χ0v) is 16.8. The molecular weight excluding hydrogens is 441 g/mol. The third kappa shape index (κ3) is 2.81.